The quantitative estimate of drug-likeness (QED) is 0.741. The van der Waals surface area contributed by atoms with Crippen molar-refractivity contribution in [3.63, 3.8) is 0 Å². The van der Waals surface area contributed by atoms with Crippen molar-refractivity contribution in [3.05, 3.63) is 33.8 Å². The van der Waals surface area contributed by atoms with Gasteiger partial charge in [0.15, 0.2) is 0 Å². The molecule has 0 saturated carbocycles. The van der Waals surface area contributed by atoms with E-state index in [9.17, 15) is 9.59 Å². The molecule has 1 aliphatic heterocycles. The van der Waals surface area contributed by atoms with Gasteiger partial charge in [0.25, 0.3) is 0 Å². The fourth-order valence-electron chi connectivity index (χ4n) is 1.98. The molecular formula is C12H12BrNO2. The number of carbonyl (C=O) groups excluding carboxylic acids is 2. The van der Waals surface area contributed by atoms with Gasteiger partial charge in [0.05, 0.1) is 5.92 Å². The SMILES string of the molecule is Cc1cc(Br)cc(C2CC(=O)N(C)C2=O)c1. The summed E-state index contributed by atoms with van der Waals surface area (Å²) in [4.78, 5) is 24.5. The summed E-state index contributed by atoms with van der Waals surface area (Å²) in [5.74, 6) is -0.524. The van der Waals surface area contributed by atoms with E-state index in [0.717, 1.165) is 15.6 Å². The van der Waals surface area contributed by atoms with Crippen molar-refractivity contribution in [1.82, 2.24) is 4.90 Å². The van der Waals surface area contributed by atoms with Gasteiger partial charge in [-0.3, -0.25) is 14.5 Å². The monoisotopic (exact) mass is 281 g/mol. The zero-order chi connectivity index (χ0) is 11.9. The van der Waals surface area contributed by atoms with Crippen LogP contribution in [-0.4, -0.2) is 23.8 Å². The molecule has 2 rings (SSSR count). The molecule has 0 bridgehead atoms. The third kappa shape index (κ3) is 1.89. The summed E-state index contributed by atoms with van der Waals surface area (Å²) in [5.41, 5.74) is 1.99. The standard InChI is InChI=1S/C12H12BrNO2/c1-7-3-8(5-9(13)4-7)10-6-11(15)14(2)12(10)16/h3-5,10H,6H2,1-2H3. The van der Waals surface area contributed by atoms with Crippen LogP contribution in [0.5, 0.6) is 0 Å². The number of likely N-dealkylation sites (tertiary alicyclic amines) is 1. The number of likely N-dealkylation sites (N-methyl/N-ethyl adjacent to an activating group) is 1. The Balaban J connectivity index is 2.38. The topological polar surface area (TPSA) is 37.4 Å². The van der Waals surface area contributed by atoms with Gasteiger partial charge in [-0.1, -0.05) is 22.0 Å². The van der Waals surface area contributed by atoms with Crippen LogP contribution in [0.25, 0.3) is 0 Å². The molecule has 1 heterocycles. The molecule has 1 fully saturated rings. The first-order valence-corrected chi connectivity index (χ1v) is 5.86. The zero-order valence-electron chi connectivity index (χ0n) is 9.16. The van der Waals surface area contributed by atoms with E-state index in [4.69, 9.17) is 0 Å². The largest absolute Gasteiger partial charge is 0.285 e. The molecule has 0 aliphatic carbocycles. The Bertz CT molecular complexity index is 450. The van der Waals surface area contributed by atoms with Crippen molar-refractivity contribution in [2.75, 3.05) is 7.05 Å². The van der Waals surface area contributed by atoms with Crippen molar-refractivity contribution in [2.45, 2.75) is 19.3 Å². The van der Waals surface area contributed by atoms with Gasteiger partial charge in [-0.05, 0) is 30.2 Å². The minimum absolute atomic E-state index is 0.104. The van der Waals surface area contributed by atoms with Gasteiger partial charge < -0.3 is 0 Å². The first kappa shape index (κ1) is 11.3. The number of halogens is 1. The average Bonchev–Trinajstić information content (AvgIpc) is 2.44. The van der Waals surface area contributed by atoms with Gasteiger partial charge in [-0.15, -0.1) is 0 Å². The highest BCUT2D eigenvalue weighted by molar-refractivity contribution is 9.10. The molecule has 1 aromatic rings. The lowest BCUT2D eigenvalue weighted by atomic mass is 9.96. The van der Waals surface area contributed by atoms with Crippen LogP contribution in [0.15, 0.2) is 22.7 Å². The van der Waals surface area contributed by atoms with Gasteiger partial charge in [0, 0.05) is 17.9 Å². The third-order valence-electron chi connectivity index (χ3n) is 2.85. The van der Waals surface area contributed by atoms with Crippen LogP contribution in [0.2, 0.25) is 0 Å². The van der Waals surface area contributed by atoms with E-state index in [0.29, 0.717) is 0 Å². The molecule has 1 aliphatic rings. The number of amides is 2. The van der Waals surface area contributed by atoms with Gasteiger partial charge in [-0.2, -0.15) is 0 Å². The Kier molecular flexibility index (Phi) is 2.84. The molecule has 0 spiro atoms. The van der Waals surface area contributed by atoms with Crippen LogP contribution in [-0.2, 0) is 9.59 Å². The first-order chi connectivity index (χ1) is 7.49. The number of aryl methyl sites for hydroxylation is 1. The molecular weight excluding hydrogens is 270 g/mol. The summed E-state index contributed by atoms with van der Waals surface area (Å²) in [6.45, 7) is 1.97. The molecule has 3 nitrogen and oxygen atoms in total. The van der Waals surface area contributed by atoms with Crippen molar-refractivity contribution < 1.29 is 9.59 Å². The Hall–Kier alpha value is -1.16. The smallest absolute Gasteiger partial charge is 0.236 e. The molecule has 1 atom stereocenters. The van der Waals surface area contributed by atoms with Crippen molar-refractivity contribution in [2.24, 2.45) is 0 Å². The Morgan fingerprint density at radius 1 is 1.31 bits per heavy atom. The fraction of sp³-hybridized carbons (Fsp3) is 0.333. The minimum Gasteiger partial charge on any atom is -0.285 e. The predicted octanol–water partition coefficient (Wildman–Crippen LogP) is 2.23. The van der Waals surface area contributed by atoms with Crippen LogP contribution >= 0.6 is 15.9 Å². The summed E-state index contributed by atoms with van der Waals surface area (Å²) in [6.07, 6.45) is 0.283. The van der Waals surface area contributed by atoms with Gasteiger partial charge >= 0.3 is 0 Å². The van der Waals surface area contributed by atoms with Crippen LogP contribution in [0.3, 0.4) is 0 Å². The molecule has 4 heteroatoms. The van der Waals surface area contributed by atoms with Gasteiger partial charge in [0.2, 0.25) is 11.8 Å². The zero-order valence-corrected chi connectivity index (χ0v) is 10.7. The minimum atomic E-state index is -0.311. The maximum atomic E-state index is 11.8. The van der Waals surface area contributed by atoms with E-state index in [1.807, 2.05) is 25.1 Å². The summed E-state index contributed by atoms with van der Waals surface area (Å²) in [6, 6.07) is 5.84. The lowest BCUT2D eigenvalue weighted by molar-refractivity contribution is -0.137. The molecule has 0 aromatic heterocycles. The summed E-state index contributed by atoms with van der Waals surface area (Å²) < 4.78 is 0.942. The van der Waals surface area contributed by atoms with E-state index in [1.165, 1.54) is 11.9 Å². The highest BCUT2D eigenvalue weighted by atomic mass is 79.9. The van der Waals surface area contributed by atoms with Crippen LogP contribution in [0.4, 0.5) is 0 Å². The lowest BCUT2D eigenvalue weighted by Gasteiger charge is -2.10. The van der Waals surface area contributed by atoms with Crippen molar-refractivity contribution in [1.29, 1.82) is 0 Å². The van der Waals surface area contributed by atoms with Crippen LogP contribution < -0.4 is 0 Å². The number of nitrogens with zero attached hydrogens (tertiary/aromatic N) is 1. The molecule has 0 radical (unpaired) electrons. The highest BCUT2D eigenvalue weighted by Crippen LogP contribution is 2.30. The number of benzene rings is 1. The maximum Gasteiger partial charge on any atom is 0.236 e. The normalized spacial score (nSPS) is 20.7. The highest BCUT2D eigenvalue weighted by Gasteiger charge is 2.36. The van der Waals surface area contributed by atoms with Gasteiger partial charge in [0.1, 0.15) is 0 Å². The Labute approximate surface area is 103 Å². The number of hydrogen-bond donors (Lipinski definition) is 0. The van der Waals surface area contributed by atoms with Crippen LogP contribution in [0.1, 0.15) is 23.5 Å². The van der Waals surface area contributed by atoms with E-state index in [1.54, 1.807) is 0 Å². The van der Waals surface area contributed by atoms with E-state index >= 15 is 0 Å². The second kappa shape index (κ2) is 4.01. The molecule has 2 amide bonds. The number of hydrogen-bond acceptors (Lipinski definition) is 2. The van der Waals surface area contributed by atoms with Gasteiger partial charge in [-0.25, -0.2) is 0 Å². The van der Waals surface area contributed by atoms with E-state index in [-0.39, 0.29) is 24.2 Å². The van der Waals surface area contributed by atoms with Crippen molar-refractivity contribution >= 4 is 27.7 Å². The second-order valence-electron chi connectivity index (χ2n) is 4.11. The van der Waals surface area contributed by atoms with E-state index in [2.05, 4.69) is 15.9 Å². The van der Waals surface area contributed by atoms with Crippen LogP contribution in [0, 0.1) is 6.92 Å². The number of rotatable bonds is 1. The van der Waals surface area contributed by atoms with E-state index < -0.39 is 0 Å². The molecule has 1 unspecified atom stereocenters. The average molecular weight is 282 g/mol. The summed E-state index contributed by atoms with van der Waals surface area (Å²) >= 11 is 3.40. The lowest BCUT2D eigenvalue weighted by Crippen LogP contribution is -2.25. The maximum absolute atomic E-state index is 11.8. The Morgan fingerprint density at radius 2 is 2.00 bits per heavy atom. The molecule has 16 heavy (non-hydrogen) atoms. The number of imide groups is 1. The third-order valence-corrected chi connectivity index (χ3v) is 3.31. The Morgan fingerprint density at radius 3 is 2.50 bits per heavy atom. The molecule has 1 aromatic carbocycles. The molecule has 1 saturated heterocycles. The predicted molar refractivity (Wildman–Crippen MR) is 64.0 cm³/mol. The summed E-state index contributed by atoms with van der Waals surface area (Å²) in [5, 5.41) is 0. The molecule has 84 valence electrons. The molecule has 0 N–H and O–H groups in total. The fourth-order valence-corrected chi connectivity index (χ4v) is 2.61. The number of carbonyl (C=O) groups is 2. The van der Waals surface area contributed by atoms with Crippen molar-refractivity contribution in [3.8, 4) is 0 Å². The second-order valence-corrected chi connectivity index (χ2v) is 5.03. The summed E-state index contributed by atoms with van der Waals surface area (Å²) in [7, 11) is 1.54. The first-order valence-electron chi connectivity index (χ1n) is 5.06.